The molecular formula is C28H30O6. The molecule has 0 bridgehead atoms. The van der Waals surface area contributed by atoms with Crippen LogP contribution in [-0.4, -0.2) is 38.2 Å². The van der Waals surface area contributed by atoms with Gasteiger partial charge in [-0.3, -0.25) is 4.79 Å². The monoisotopic (exact) mass is 462 g/mol. The fourth-order valence-electron chi connectivity index (χ4n) is 4.10. The first-order valence-electron chi connectivity index (χ1n) is 11.2. The molecule has 0 saturated carbocycles. The number of ketones is 1. The molecule has 3 aromatic rings. The van der Waals surface area contributed by atoms with Crippen LogP contribution < -0.4 is 14.2 Å². The number of rotatable bonds is 12. The van der Waals surface area contributed by atoms with Crippen molar-refractivity contribution < 1.29 is 28.9 Å². The van der Waals surface area contributed by atoms with Gasteiger partial charge in [-0.2, -0.15) is 0 Å². The van der Waals surface area contributed by atoms with Crippen LogP contribution in [-0.2, 0) is 12.8 Å². The summed E-state index contributed by atoms with van der Waals surface area (Å²) in [6, 6.07) is 20.2. The number of hydrogen-bond donors (Lipinski definition) is 1. The highest BCUT2D eigenvalue weighted by atomic mass is 16.5. The molecule has 0 amide bonds. The molecule has 1 atom stereocenters. The average Bonchev–Trinajstić information content (AvgIpc) is 2.87. The third-order valence-electron chi connectivity index (χ3n) is 5.84. The number of Topliss-reactive ketones (excluding diaryl/α,β-unsaturated/α-hetero) is 1. The van der Waals surface area contributed by atoms with Gasteiger partial charge in [0.25, 0.3) is 0 Å². The molecule has 6 heteroatoms. The van der Waals surface area contributed by atoms with Crippen LogP contribution in [0, 0.1) is 5.92 Å². The van der Waals surface area contributed by atoms with Crippen LogP contribution in [0.1, 0.15) is 44.7 Å². The summed E-state index contributed by atoms with van der Waals surface area (Å²) in [5.74, 6) is -0.111. The van der Waals surface area contributed by atoms with E-state index in [0.717, 1.165) is 18.4 Å². The van der Waals surface area contributed by atoms with E-state index in [-0.39, 0.29) is 17.3 Å². The van der Waals surface area contributed by atoms with Crippen molar-refractivity contribution >= 4 is 11.8 Å². The Hall–Kier alpha value is -3.80. The first-order chi connectivity index (χ1) is 16.5. The molecular weight excluding hydrogens is 432 g/mol. The van der Waals surface area contributed by atoms with Crippen LogP contribution in [0.15, 0.2) is 66.7 Å². The molecule has 1 unspecified atom stereocenters. The second-order valence-corrected chi connectivity index (χ2v) is 8.06. The van der Waals surface area contributed by atoms with Gasteiger partial charge in [0.1, 0.15) is 0 Å². The zero-order valence-corrected chi connectivity index (χ0v) is 19.7. The lowest BCUT2D eigenvalue weighted by atomic mass is 9.86. The predicted octanol–water partition coefficient (Wildman–Crippen LogP) is 5.48. The largest absolute Gasteiger partial charge is 0.493 e. The summed E-state index contributed by atoms with van der Waals surface area (Å²) in [7, 11) is 4.55. The highest BCUT2D eigenvalue weighted by Crippen LogP contribution is 2.39. The predicted molar refractivity (Wildman–Crippen MR) is 130 cm³/mol. The van der Waals surface area contributed by atoms with E-state index < -0.39 is 5.97 Å². The van der Waals surface area contributed by atoms with Crippen LogP contribution in [0.4, 0.5) is 0 Å². The molecule has 1 N–H and O–H groups in total. The van der Waals surface area contributed by atoms with E-state index in [2.05, 4.69) is 12.1 Å². The number of hydrogen-bond acceptors (Lipinski definition) is 5. The molecule has 0 aliphatic heterocycles. The first kappa shape index (κ1) is 24.8. The van der Waals surface area contributed by atoms with E-state index >= 15 is 0 Å². The van der Waals surface area contributed by atoms with Gasteiger partial charge in [0.2, 0.25) is 5.75 Å². The van der Waals surface area contributed by atoms with Gasteiger partial charge in [0, 0.05) is 11.5 Å². The van der Waals surface area contributed by atoms with E-state index in [1.54, 1.807) is 30.3 Å². The second-order valence-electron chi connectivity index (χ2n) is 8.06. The smallest absolute Gasteiger partial charge is 0.335 e. The van der Waals surface area contributed by atoms with Crippen molar-refractivity contribution in [3.63, 3.8) is 0 Å². The zero-order chi connectivity index (χ0) is 24.5. The highest BCUT2D eigenvalue weighted by molar-refractivity contribution is 5.99. The summed E-state index contributed by atoms with van der Waals surface area (Å²) < 4.78 is 16.2. The summed E-state index contributed by atoms with van der Waals surface area (Å²) in [6.45, 7) is 0. The number of carboxylic acids is 1. The number of methoxy groups -OCH3 is 3. The molecule has 3 aromatic carbocycles. The molecule has 0 aliphatic carbocycles. The molecule has 0 heterocycles. The molecule has 3 rings (SSSR count). The summed E-state index contributed by atoms with van der Waals surface area (Å²) in [5, 5.41) is 9.36. The highest BCUT2D eigenvalue weighted by Gasteiger charge is 2.24. The second kappa shape index (κ2) is 11.9. The van der Waals surface area contributed by atoms with Gasteiger partial charge in [-0.05, 0) is 61.1 Å². The van der Waals surface area contributed by atoms with Gasteiger partial charge in [-0.15, -0.1) is 0 Å². The molecule has 0 aliphatic rings. The number of aryl methyl sites for hydroxylation is 1. The standard InChI is InChI=1S/C28H30O6/c1-32-24-17-23(18-25(33-2)27(24)34-3)26(29)21(13-7-11-19-9-5-4-6-10-19)15-20-12-8-14-22(16-20)28(30)31/h4-6,8-10,12,14,16-18,21H,7,11,13,15H2,1-3H3,(H,30,31). The van der Waals surface area contributed by atoms with E-state index in [9.17, 15) is 14.7 Å². The maximum absolute atomic E-state index is 13.7. The third kappa shape index (κ3) is 6.16. The Morgan fingerprint density at radius 3 is 2.03 bits per heavy atom. The number of ether oxygens (including phenoxy) is 3. The van der Waals surface area contributed by atoms with Gasteiger partial charge in [0.15, 0.2) is 17.3 Å². The Morgan fingerprint density at radius 1 is 0.794 bits per heavy atom. The number of aromatic carboxylic acids is 1. The van der Waals surface area contributed by atoms with E-state index in [1.807, 2.05) is 24.3 Å². The van der Waals surface area contributed by atoms with Gasteiger partial charge in [-0.1, -0.05) is 42.5 Å². The third-order valence-corrected chi connectivity index (χ3v) is 5.84. The Labute approximate surface area is 200 Å². The number of carbonyl (C=O) groups excluding carboxylic acids is 1. The average molecular weight is 463 g/mol. The van der Waals surface area contributed by atoms with Gasteiger partial charge in [0.05, 0.1) is 26.9 Å². The van der Waals surface area contributed by atoms with Crippen LogP contribution in [0.25, 0.3) is 0 Å². The molecule has 0 aromatic heterocycles. The lowest BCUT2D eigenvalue weighted by Gasteiger charge is -2.19. The Kier molecular flexibility index (Phi) is 8.68. The maximum atomic E-state index is 13.7. The minimum absolute atomic E-state index is 0.0481. The van der Waals surface area contributed by atoms with Crippen molar-refractivity contribution in [3.05, 3.63) is 89.0 Å². The van der Waals surface area contributed by atoms with Gasteiger partial charge in [-0.25, -0.2) is 4.79 Å². The lowest BCUT2D eigenvalue weighted by molar-refractivity contribution is 0.0696. The van der Waals surface area contributed by atoms with Crippen LogP contribution in [0.3, 0.4) is 0 Å². The normalized spacial score (nSPS) is 11.5. The van der Waals surface area contributed by atoms with Crippen LogP contribution in [0.5, 0.6) is 17.2 Å². The molecule has 0 spiro atoms. The molecule has 178 valence electrons. The summed E-state index contributed by atoms with van der Waals surface area (Å²) in [4.78, 5) is 25.1. The fraction of sp³-hybridized carbons (Fsp3) is 0.286. The minimum atomic E-state index is -0.988. The van der Waals surface area contributed by atoms with Crippen molar-refractivity contribution in [2.24, 2.45) is 5.92 Å². The van der Waals surface area contributed by atoms with Crippen LogP contribution >= 0.6 is 0 Å². The van der Waals surface area contributed by atoms with Crippen molar-refractivity contribution in [1.82, 2.24) is 0 Å². The van der Waals surface area contributed by atoms with Gasteiger partial charge < -0.3 is 19.3 Å². The molecule has 6 nitrogen and oxygen atoms in total. The topological polar surface area (TPSA) is 82.1 Å². The fourth-order valence-corrected chi connectivity index (χ4v) is 4.10. The van der Waals surface area contributed by atoms with Crippen molar-refractivity contribution in [2.45, 2.75) is 25.7 Å². The van der Waals surface area contributed by atoms with Crippen molar-refractivity contribution in [2.75, 3.05) is 21.3 Å². The number of carboxylic acid groups (broad SMARTS) is 1. The summed E-state index contributed by atoms with van der Waals surface area (Å²) in [5.41, 5.74) is 2.70. The van der Waals surface area contributed by atoms with E-state index in [0.29, 0.717) is 35.7 Å². The summed E-state index contributed by atoms with van der Waals surface area (Å²) in [6.07, 6.45) is 2.77. The first-order valence-corrected chi connectivity index (χ1v) is 11.2. The quantitative estimate of drug-likeness (QED) is 0.359. The van der Waals surface area contributed by atoms with E-state index in [1.165, 1.54) is 26.9 Å². The Morgan fingerprint density at radius 2 is 1.44 bits per heavy atom. The molecule has 0 radical (unpaired) electrons. The Balaban J connectivity index is 1.89. The zero-order valence-electron chi connectivity index (χ0n) is 19.7. The Bertz CT molecular complexity index is 1100. The maximum Gasteiger partial charge on any atom is 0.335 e. The van der Waals surface area contributed by atoms with Crippen molar-refractivity contribution in [3.8, 4) is 17.2 Å². The summed E-state index contributed by atoms with van der Waals surface area (Å²) >= 11 is 0. The lowest BCUT2D eigenvalue weighted by Crippen LogP contribution is -2.18. The molecule has 0 saturated heterocycles. The van der Waals surface area contributed by atoms with E-state index in [4.69, 9.17) is 14.2 Å². The SMILES string of the molecule is COc1cc(C(=O)C(CCCc2ccccc2)Cc2cccc(C(=O)O)c2)cc(OC)c1OC. The van der Waals surface area contributed by atoms with Crippen LogP contribution in [0.2, 0.25) is 0 Å². The molecule has 0 fully saturated rings. The minimum Gasteiger partial charge on any atom is -0.493 e. The molecule has 34 heavy (non-hydrogen) atoms. The van der Waals surface area contributed by atoms with Crippen molar-refractivity contribution in [1.29, 1.82) is 0 Å². The number of benzene rings is 3. The van der Waals surface area contributed by atoms with Gasteiger partial charge >= 0.3 is 5.97 Å². The number of carbonyl (C=O) groups is 2.